The molecule has 0 saturated carbocycles. The molecule has 0 aliphatic heterocycles. The van der Waals surface area contributed by atoms with Gasteiger partial charge in [0.05, 0.1) is 17.5 Å². The zero-order chi connectivity index (χ0) is 12.1. The first-order valence-electron chi connectivity index (χ1n) is 4.89. The van der Waals surface area contributed by atoms with Gasteiger partial charge in [-0.1, -0.05) is 6.07 Å². The molecule has 0 aliphatic carbocycles. The SMILES string of the molecule is CN(C)C(=O)CCOc1cccc(N)c1Br. The molecule has 0 heterocycles. The molecule has 0 fully saturated rings. The van der Waals surface area contributed by atoms with Crippen molar-refractivity contribution in [1.29, 1.82) is 0 Å². The smallest absolute Gasteiger partial charge is 0.225 e. The first kappa shape index (κ1) is 12.8. The number of halogens is 1. The van der Waals surface area contributed by atoms with Crippen LogP contribution >= 0.6 is 15.9 Å². The molecule has 0 atom stereocenters. The molecule has 0 radical (unpaired) electrons. The van der Waals surface area contributed by atoms with Gasteiger partial charge in [-0.05, 0) is 28.1 Å². The number of hydrogen-bond donors (Lipinski definition) is 1. The van der Waals surface area contributed by atoms with Crippen molar-refractivity contribution >= 4 is 27.5 Å². The highest BCUT2D eigenvalue weighted by atomic mass is 79.9. The van der Waals surface area contributed by atoms with Gasteiger partial charge in [-0.15, -0.1) is 0 Å². The second-order valence-corrected chi connectivity index (χ2v) is 4.34. The minimum atomic E-state index is 0.0417. The van der Waals surface area contributed by atoms with Gasteiger partial charge in [0.15, 0.2) is 0 Å². The number of nitrogens with zero attached hydrogens (tertiary/aromatic N) is 1. The van der Waals surface area contributed by atoms with E-state index in [4.69, 9.17) is 10.5 Å². The van der Waals surface area contributed by atoms with E-state index in [1.807, 2.05) is 6.07 Å². The summed E-state index contributed by atoms with van der Waals surface area (Å²) in [4.78, 5) is 12.8. The van der Waals surface area contributed by atoms with Crippen molar-refractivity contribution in [3.63, 3.8) is 0 Å². The van der Waals surface area contributed by atoms with Crippen LogP contribution in [0.2, 0.25) is 0 Å². The summed E-state index contributed by atoms with van der Waals surface area (Å²) in [5.41, 5.74) is 6.32. The predicted molar refractivity (Wildman–Crippen MR) is 67.4 cm³/mol. The molecule has 0 aliphatic rings. The topological polar surface area (TPSA) is 55.6 Å². The Labute approximate surface area is 103 Å². The molecule has 1 rings (SSSR count). The maximum absolute atomic E-state index is 11.3. The first-order chi connectivity index (χ1) is 7.52. The van der Waals surface area contributed by atoms with Crippen molar-refractivity contribution in [1.82, 2.24) is 4.90 Å². The van der Waals surface area contributed by atoms with Crippen LogP contribution in [0.1, 0.15) is 6.42 Å². The summed E-state index contributed by atoms with van der Waals surface area (Å²) in [6, 6.07) is 5.39. The van der Waals surface area contributed by atoms with E-state index in [0.717, 1.165) is 4.47 Å². The summed E-state index contributed by atoms with van der Waals surface area (Å²) in [6.07, 6.45) is 0.355. The van der Waals surface area contributed by atoms with Crippen LogP contribution < -0.4 is 10.5 Å². The normalized spacial score (nSPS) is 9.94. The summed E-state index contributed by atoms with van der Waals surface area (Å²) in [5, 5.41) is 0. The third-order valence-corrected chi connectivity index (χ3v) is 2.91. The molecule has 0 aromatic heterocycles. The molecule has 1 amide bonds. The van der Waals surface area contributed by atoms with Crippen LogP contribution in [-0.4, -0.2) is 31.5 Å². The molecular weight excluding hydrogens is 272 g/mol. The first-order valence-corrected chi connectivity index (χ1v) is 5.68. The fourth-order valence-corrected chi connectivity index (χ4v) is 1.49. The minimum Gasteiger partial charge on any atom is -0.492 e. The van der Waals surface area contributed by atoms with Crippen molar-refractivity contribution in [2.45, 2.75) is 6.42 Å². The molecule has 88 valence electrons. The van der Waals surface area contributed by atoms with E-state index in [0.29, 0.717) is 24.5 Å². The molecule has 1 aromatic rings. The summed E-state index contributed by atoms with van der Waals surface area (Å²) < 4.78 is 6.19. The number of ether oxygens (including phenoxy) is 1. The third-order valence-electron chi connectivity index (χ3n) is 2.07. The number of nitrogens with two attached hydrogens (primary N) is 1. The maximum Gasteiger partial charge on any atom is 0.225 e. The van der Waals surface area contributed by atoms with Gasteiger partial charge >= 0.3 is 0 Å². The number of carbonyl (C=O) groups excluding carboxylic acids is 1. The number of rotatable bonds is 4. The lowest BCUT2D eigenvalue weighted by Gasteiger charge is -2.12. The summed E-state index contributed by atoms with van der Waals surface area (Å²) in [5.74, 6) is 0.701. The molecule has 4 nitrogen and oxygen atoms in total. The van der Waals surface area contributed by atoms with Crippen LogP contribution in [0.5, 0.6) is 5.75 Å². The number of anilines is 1. The van der Waals surface area contributed by atoms with Gasteiger partial charge in [-0.2, -0.15) is 0 Å². The van der Waals surface area contributed by atoms with Crippen LogP contribution in [0.3, 0.4) is 0 Å². The maximum atomic E-state index is 11.3. The third kappa shape index (κ3) is 3.41. The molecule has 1 aromatic carbocycles. The van der Waals surface area contributed by atoms with E-state index < -0.39 is 0 Å². The Hall–Kier alpha value is -1.23. The number of amides is 1. The summed E-state index contributed by atoms with van der Waals surface area (Å²) >= 11 is 3.33. The zero-order valence-corrected chi connectivity index (χ0v) is 11.0. The van der Waals surface area contributed by atoms with Crippen molar-refractivity contribution in [3.8, 4) is 5.75 Å². The lowest BCUT2D eigenvalue weighted by molar-refractivity contribution is -0.129. The highest BCUT2D eigenvalue weighted by molar-refractivity contribution is 9.10. The predicted octanol–water partition coefficient (Wildman–Crippen LogP) is 1.89. The van der Waals surface area contributed by atoms with E-state index >= 15 is 0 Å². The van der Waals surface area contributed by atoms with E-state index in [1.54, 1.807) is 26.2 Å². The van der Waals surface area contributed by atoms with Crippen LogP contribution in [0, 0.1) is 0 Å². The molecule has 16 heavy (non-hydrogen) atoms. The lowest BCUT2D eigenvalue weighted by Crippen LogP contribution is -2.23. The molecule has 0 spiro atoms. The molecule has 2 N–H and O–H groups in total. The molecule has 0 unspecified atom stereocenters. The van der Waals surface area contributed by atoms with E-state index in [1.165, 1.54) is 4.90 Å². The Bertz CT molecular complexity index is 380. The highest BCUT2D eigenvalue weighted by Gasteiger charge is 2.06. The Balaban J connectivity index is 2.49. The number of hydrogen-bond acceptors (Lipinski definition) is 3. The van der Waals surface area contributed by atoms with Crippen molar-refractivity contribution in [2.24, 2.45) is 0 Å². The Morgan fingerprint density at radius 1 is 1.50 bits per heavy atom. The molecule has 0 saturated heterocycles. The van der Waals surface area contributed by atoms with Crippen molar-refractivity contribution in [2.75, 3.05) is 26.4 Å². The Morgan fingerprint density at radius 2 is 2.19 bits per heavy atom. The van der Waals surface area contributed by atoms with Crippen LogP contribution in [0.4, 0.5) is 5.69 Å². The van der Waals surface area contributed by atoms with E-state index in [2.05, 4.69) is 15.9 Å². The van der Waals surface area contributed by atoms with Crippen LogP contribution in [0.25, 0.3) is 0 Å². The number of benzene rings is 1. The Kier molecular flexibility index (Phi) is 4.61. The minimum absolute atomic E-state index is 0.0417. The standard InChI is InChI=1S/C11H15BrN2O2/c1-14(2)10(15)6-7-16-9-5-3-4-8(13)11(9)12/h3-5H,6-7,13H2,1-2H3. The largest absolute Gasteiger partial charge is 0.492 e. The van der Waals surface area contributed by atoms with Crippen LogP contribution in [-0.2, 0) is 4.79 Å². The summed E-state index contributed by atoms with van der Waals surface area (Å²) in [6.45, 7) is 0.346. The second kappa shape index (κ2) is 5.75. The average Bonchev–Trinajstić information content (AvgIpc) is 2.24. The van der Waals surface area contributed by atoms with Crippen molar-refractivity contribution in [3.05, 3.63) is 22.7 Å². The monoisotopic (exact) mass is 286 g/mol. The molecule has 0 bridgehead atoms. The highest BCUT2D eigenvalue weighted by Crippen LogP contribution is 2.30. The fraction of sp³-hybridized carbons (Fsp3) is 0.364. The number of carbonyl (C=O) groups is 1. The van der Waals surface area contributed by atoms with Crippen LogP contribution in [0.15, 0.2) is 22.7 Å². The summed E-state index contributed by atoms with van der Waals surface area (Å²) in [7, 11) is 3.44. The molecule has 5 heteroatoms. The molecular formula is C11H15BrN2O2. The lowest BCUT2D eigenvalue weighted by atomic mass is 10.3. The van der Waals surface area contributed by atoms with Gasteiger partial charge < -0.3 is 15.4 Å². The van der Waals surface area contributed by atoms with Gasteiger partial charge in [0.25, 0.3) is 0 Å². The Morgan fingerprint density at radius 3 is 2.81 bits per heavy atom. The quantitative estimate of drug-likeness (QED) is 0.860. The van der Waals surface area contributed by atoms with Gasteiger partial charge in [0, 0.05) is 19.8 Å². The van der Waals surface area contributed by atoms with Gasteiger partial charge in [0.1, 0.15) is 5.75 Å². The van der Waals surface area contributed by atoms with Gasteiger partial charge in [0.2, 0.25) is 5.91 Å². The number of nitrogen functional groups attached to an aromatic ring is 1. The van der Waals surface area contributed by atoms with E-state index in [-0.39, 0.29) is 5.91 Å². The fourth-order valence-electron chi connectivity index (χ4n) is 1.11. The zero-order valence-electron chi connectivity index (χ0n) is 9.37. The van der Waals surface area contributed by atoms with Gasteiger partial charge in [-0.25, -0.2) is 0 Å². The average molecular weight is 287 g/mol. The second-order valence-electron chi connectivity index (χ2n) is 3.55. The van der Waals surface area contributed by atoms with E-state index in [9.17, 15) is 4.79 Å². The van der Waals surface area contributed by atoms with Gasteiger partial charge in [-0.3, -0.25) is 4.79 Å². The van der Waals surface area contributed by atoms with Crippen molar-refractivity contribution < 1.29 is 9.53 Å².